The van der Waals surface area contributed by atoms with Gasteiger partial charge in [0.1, 0.15) is 5.82 Å². The molecule has 0 bridgehead atoms. The van der Waals surface area contributed by atoms with Crippen LogP contribution in [0, 0.1) is 5.92 Å². The van der Waals surface area contributed by atoms with Crippen molar-refractivity contribution in [2.75, 3.05) is 18.8 Å². The van der Waals surface area contributed by atoms with Crippen molar-refractivity contribution in [1.29, 1.82) is 0 Å². The van der Waals surface area contributed by atoms with E-state index in [1.807, 2.05) is 18.2 Å². The van der Waals surface area contributed by atoms with Crippen molar-refractivity contribution < 1.29 is 5.11 Å². The van der Waals surface area contributed by atoms with E-state index < -0.39 is 0 Å². The van der Waals surface area contributed by atoms with E-state index in [0.717, 1.165) is 31.7 Å². The number of β-amino-alcohol motifs (C(OH)–C–C–N with tert-alkyl or cyclic N) is 1. The van der Waals surface area contributed by atoms with E-state index in [1.54, 1.807) is 6.07 Å². The molecule has 0 radical (unpaired) electrons. The lowest BCUT2D eigenvalue weighted by molar-refractivity contribution is 0.140. The van der Waals surface area contributed by atoms with Gasteiger partial charge in [0.05, 0.1) is 6.10 Å². The molecule has 3 N–H and O–H groups in total. The Morgan fingerprint density at radius 1 is 1.10 bits per heavy atom. The Kier molecular flexibility index (Phi) is 4.18. The highest BCUT2D eigenvalue weighted by atomic mass is 16.3. The lowest BCUT2D eigenvalue weighted by Crippen LogP contribution is -2.21. The predicted octanol–water partition coefficient (Wildman–Crippen LogP) is 1.70. The first-order valence-corrected chi connectivity index (χ1v) is 7.36. The van der Waals surface area contributed by atoms with Gasteiger partial charge in [-0.25, -0.2) is 4.98 Å². The van der Waals surface area contributed by atoms with Crippen LogP contribution in [0.3, 0.4) is 0 Å². The van der Waals surface area contributed by atoms with Gasteiger partial charge in [-0.3, -0.25) is 4.90 Å². The standard InChI is InChI=1S/C17H21N3O/c18-17-8-4-7-15(19-17)9-14-11-20(12-16(14)21)10-13-5-2-1-3-6-13/h1-8,14,16,21H,9-12H2,(H2,18,19)/t14-,16-/m0/s1. The molecule has 1 aliphatic rings. The van der Waals surface area contributed by atoms with Gasteiger partial charge in [0.25, 0.3) is 0 Å². The molecule has 1 aromatic heterocycles. The summed E-state index contributed by atoms with van der Waals surface area (Å²) in [6.45, 7) is 2.51. The van der Waals surface area contributed by atoms with Gasteiger partial charge in [0.15, 0.2) is 0 Å². The SMILES string of the molecule is Nc1cccc(C[C@H]2CN(Cc3ccccc3)C[C@@H]2O)n1. The molecule has 1 fully saturated rings. The van der Waals surface area contributed by atoms with Crippen molar-refractivity contribution in [3.63, 3.8) is 0 Å². The number of anilines is 1. The number of hydrogen-bond acceptors (Lipinski definition) is 4. The molecular weight excluding hydrogens is 262 g/mol. The largest absolute Gasteiger partial charge is 0.391 e. The van der Waals surface area contributed by atoms with Gasteiger partial charge in [-0.05, 0) is 24.1 Å². The van der Waals surface area contributed by atoms with Crippen LogP contribution < -0.4 is 5.73 Å². The zero-order valence-corrected chi connectivity index (χ0v) is 12.0. The van der Waals surface area contributed by atoms with Crippen LogP contribution in [0.5, 0.6) is 0 Å². The molecule has 1 aromatic carbocycles. The van der Waals surface area contributed by atoms with Crippen molar-refractivity contribution >= 4 is 5.82 Å². The maximum absolute atomic E-state index is 10.3. The van der Waals surface area contributed by atoms with E-state index in [1.165, 1.54) is 5.56 Å². The fourth-order valence-corrected chi connectivity index (χ4v) is 2.99. The molecular formula is C17H21N3O. The molecule has 2 aromatic rings. The minimum atomic E-state index is -0.294. The van der Waals surface area contributed by atoms with Crippen molar-refractivity contribution in [2.45, 2.75) is 19.1 Å². The summed E-state index contributed by atoms with van der Waals surface area (Å²) in [4.78, 5) is 6.63. The number of pyridine rings is 1. The normalized spacial score (nSPS) is 22.5. The van der Waals surface area contributed by atoms with Crippen LogP contribution in [0.15, 0.2) is 48.5 Å². The molecule has 2 atom stereocenters. The summed E-state index contributed by atoms with van der Waals surface area (Å²) in [5.74, 6) is 0.768. The van der Waals surface area contributed by atoms with Crippen molar-refractivity contribution in [3.05, 3.63) is 59.8 Å². The van der Waals surface area contributed by atoms with Gasteiger partial charge >= 0.3 is 0 Å². The van der Waals surface area contributed by atoms with Gasteiger partial charge < -0.3 is 10.8 Å². The second-order valence-corrected chi connectivity index (χ2v) is 5.77. The van der Waals surface area contributed by atoms with E-state index >= 15 is 0 Å². The first kappa shape index (κ1) is 14.0. The number of hydrogen-bond donors (Lipinski definition) is 2. The Hall–Kier alpha value is -1.91. The Morgan fingerprint density at radius 3 is 2.67 bits per heavy atom. The maximum Gasteiger partial charge on any atom is 0.123 e. The average Bonchev–Trinajstić information content (AvgIpc) is 2.80. The molecule has 0 amide bonds. The summed E-state index contributed by atoms with van der Waals surface area (Å²) in [6, 6.07) is 16.1. The average molecular weight is 283 g/mol. The van der Waals surface area contributed by atoms with Gasteiger partial charge in [-0.1, -0.05) is 36.4 Å². The molecule has 1 aliphatic heterocycles. The molecule has 21 heavy (non-hydrogen) atoms. The first-order valence-electron chi connectivity index (χ1n) is 7.36. The van der Waals surface area contributed by atoms with E-state index in [0.29, 0.717) is 5.82 Å². The third-order valence-electron chi connectivity index (χ3n) is 4.03. The Labute approximate surface area is 125 Å². The summed E-state index contributed by atoms with van der Waals surface area (Å²) in [5.41, 5.74) is 7.96. The molecule has 4 nitrogen and oxygen atoms in total. The molecule has 110 valence electrons. The smallest absolute Gasteiger partial charge is 0.123 e. The van der Waals surface area contributed by atoms with E-state index in [-0.39, 0.29) is 12.0 Å². The van der Waals surface area contributed by atoms with Crippen LogP contribution >= 0.6 is 0 Å². The van der Waals surface area contributed by atoms with Crippen LogP contribution in [0.2, 0.25) is 0 Å². The highest BCUT2D eigenvalue weighted by Gasteiger charge is 2.31. The van der Waals surface area contributed by atoms with Crippen molar-refractivity contribution in [2.24, 2.45) is 5.92 Å². The zero-order chi connectivity index (χ0) is 14.7. The highest BCUT2D eigenvalue weighted by molar-refractivity contribution is 5.29. The van der Waals surface area contributed by atoms with Crippen LogP contribution in [0.4, 0.5) is 5.82 Å². The van der Waals surface area contributed by atoms with Gasteiger partial charge in [-0.15, -0.1) is 0 Å². The third-order valence-corrected chi connectivity index (χ3v) is 4.03. The van der Waals surface area contributed by atoms with Crippen LogP contribution in [0.25, 0.3) is 0 Å². The monoisotopic (exact) mass is 283 g/mol. The number of nitrogen functional groups attached to an aromatic ring is 1. The van der Waals surface area contributed by atoms with E-state index in [2.05, 4.69) is 34.1 Å². The Balaban J connectivity index is 1.61. The molecule has 4 heteroatoms. The lowest BCUT2D eigenvalue weighted by Gasteiger charge is -2.15. The van der Waals surface area contributed by atoms with Gasteiger partial charge in [-0.2, -0.15) is 0 Å². The van der Waals surface area contributed by atoms with E-state index in [9.17, 15) is 5.11 Å². The topological polar surface area (TPSA) is 62.4 Å². The molecule has 0 unspecified atom stereocenters. The number of aliphatic hydroxyl groups excluding tert-OH is 1. The van der Waals surface area contributed by atoms with Crippen molar-refractivity contribution in [1.82, 2.24) is 9.88 Å². The number of nitrogens with two attached hydrogens (primary N) is 1. The Bertz CT molecular complexity index is 588. The number of nitrogens with zero attached hydrogens (tertiary/aromatic N) is 2. The molecule has 0 saturated carbocycles. The minimum Gasteiger partial charge on any atom is -0.391 e. The molecule has 2 heterocycles. The van der Waals surface area contributed by atoms with Gasteiger partial charge in [0.2, 0.25) is 0 Å². The predicted molar refractivity (Wildman–Crippen MR) is 83.6 cm³/mol. The zero-order valence-electron chi connectivity index (χ0n) is 12.0. The summed E-state index contributed by atoms with van der Waals surface area (Å²) < 4.78 is 0. The minimum absolute atomic E-state index is 0.225. The number of aliphatic hydroxyl groups is 1. The summed E-state index contributed by atoms with van der Waals surface area (Å²) in [6.07, 6.45) is 0.481. The molecule has 1 saturated heterocycles. The molecule has 3 rings (SSSR count). The van der Waals surface area contributed by atoms with Crippen LogP contribution in [-0.4, -0.2) is 34.2 Å². The second-order valence-electron chi connectivity index (χ2n) is 5.77. The molecule has 0 aliphatic carbocycles. The third kappa shape index (κ3) is 3.60. The number of benzene rings is 1. The summed E-state index contributed by atoms with van der Waals surface area (Å²) in [5, 5.41) is 10.3. The number of rotatable bonds is 4. The maximum atomic E-state index is 10.3. The van der Waals surface area contributed by atoms with Gasteiger partial charge in [0, 0.05) is 31.2 Å². The fourth-order valence-electron chi connectivity index (χ4n) is 2.99. The number of aromatic nitrogens is 1. The first-order chi connectivity index (χ1) is 10.2. The fraction of sp³-hybridized carbons (Fsp3) is 0.353. The Morgan fingerprint density at radius 2 is 1.90 bits per heavy atom. The summed E-state index contributed by atoms with van der Waals surface area (Å²) in [7, 11) is 0. The van der Waals surface area contributed by atoms with E-state index in [4.69, 9.17) is 5.73 Å². The molecule has 0 spiro atoms. The van der Waals surface area contributed by atoms with Crippen molar-refractivity contribution in [3.8, 4) is 0 Å². The number of likely N-dealkylation sites (tertiary alicyclic amines) is 1. The van der Waals surface area contributed by atoms with Crippen LogP contribution in [-0.2, 0) is 13.0 Å². The lowest BCUT2D eigenvalue weighted by atomic mass is 10.00. The summed E-state index contributed by atoms with van der Waals surface area (Å²) >= 11 is 0. The van der Waals surface area contributed by atoms with Crippen LogP contribution in [0.1, 0.15) is 11.3 Å². The quantitative estimate of drug-likeness (QED) is 0.896. The highest BCUT2D eigenvalue weighted by Crippen LogP contribution is 2.22. The second kappa shape index (κ2) is 6.24.